The smallest absolute Gasteiger partial charge is 0.339 e. The zero-order valence-electron chi connectivity index (χ0n) is 24.1. The van der Waals surface area contributed by atoms with E-state index >= 15 is 0 Å². The van der Waals surface area contributed by atoms with Crippen LogP contribution in [0.1, 0.15) is 18.9 Å². The van der Waals surface area contributed by atoms with Crippen LogP contribution in [0.25, 0.3) is 21.5 Å². The van der Waals surface area contributed by atoms with Gasteiger partial charge in [0.1, 0.15) is 10.6 Å². The van der Waals surface area contributed by atoms with E-state index in [1.807, 2.05) is 13.0 Å². The second-order valence-corrected chi connectivity index (χ2v) is 14.3. The molecule has 3 aromatic carbocycles. The molecule has 6 rings (SSSR count). The molecule has 2 atom stereocenters. The third kappa shape index (κ3) is 6.30. The zero-order chi connectivity index (χ0) is 30.8. The number of nitrogens with one attached hydrogen (secondary N) is 3. The van der Waals surface area contributed by atoms with Gasteiger partial charge < -0.3 is 14.8 Å². The number of hydrogen-bond acceptors (Lipinski definition) is 9. The average molecular weight is 632 g/mol. The molecule has 0 amide bonds. The molecule has 0 radical (unpaired) electrons. The number of fused-ring (bicyclic) bond motifs is 2. The van der Waals surface area contributed by atoms with Crippen LogP contribution in [-0.4, -0.2) is 58.0 Å². The predicted molar refractivity (Wildman–Crippen MR) is 169 cm³/mol. The molecule has 228 valence electrons. The fourth-order valence-corrected chi connectivity index (χ4v) is 8.57. The Morgan fingerprint density at radius 1 is 0.841 bits per heavy atom. The largest absolute Gasteiger partial charge is 0.379 e. The molecule has 1 fully saturated rings. The maximum absolute atomic E-state index is 13.9. The highest BCUT2D eigenvalue weighted by Gasteiger charge is 2.39. The molecule has 0 aliphatic carbocycles. The third-order valence-electron chi connectivity index (χ3n) is 7.95. The Labute approximate surface area is 257 Å². The summed E-state index contributed by atoms with van der Waals surface area (Å²) in [6, 6.07) is 19.9. The van der Waals surface area contributed by atoms with Crippen molar-refractivity contribution in [2.24, 2.45) is 0 Å². The Morgan fingerprint density at radius 2 is 1.48 bits per heavy atom. The summed E-state index contributed by atoms with van der Waals surface area (Å²) in [7, 11) is -8.08. The Bertz CT molecular complexity index is 2000. The van der Waals surface area contributed by atoms with Crippen LogP contribution in [0.3, 0.4) is 0 Å². The van der Waals surface area contributed by atoms with Crippen molar-refractivity contribution in [1.29, 1.82) is 0 Å². The van der Waals surface area contributed by atoms with Gasteiger partial charge in [0.25, 0.3) is 0 Å². The van der Waals surface area contributed by atoms with Crippen LogP contribution < -0.4 is 19.5 Å². The van der Waals surface area contributed by atoms with Gasteiger partial charge in [-0.2, -0.15) is 8.42 Å². The van der Waals surface area contributed by atoms with Crippen LogP contribution in [0.15, 0.2) is 107 Å². The molecular formula is C32H33N5O5S2. The van der Waals surface area contributed by atoms with E-state index < -0.39 is 25.7 Å². The monoisotopic (exact) mass is 631 g/mol. The lowest BCUT2D eigenvalue weighted by molar-refractivity contribution is 0.292. The maximum atomic E-state index is 13.9. The molecule has 5 aromatic rings. The van der Waals surface area contributed by atoms with Gasteiger partial charge >= 0.3 is 10.1 Å². The molecule has 1 saturated heterocycles. The molecule has 2 aromatic heterocycles. The van der Waals surface area contributed by atoms with E-state index in [0.29, 0.717) is 29.1 Å². The van der Waals surface area contributed by atoms with E-state index in [-0.39, 0.29) is 21.6 Å². The molecule has 0 spiro atoms. The molecule has 12 heteroatoms. The van der Waals surface area contributed by atoms with Crippen LogP contribution in [0.4, 0.5) is 0 Å². The molecule has 0 bridgehead atoms. The average Bonchev–Trinajstić information content (AvgIpc) is 3.32. The molecule has 0 saturated carbocycles. The molecule has 10 nitrogen and oxygen atoms in total. The van der Waals surface area contributed by atoms with Crippen LogP contribution in [-0.2, 0) is 26.6 Å². The van der Waals surface area contributed by atoms with Gasteiger partial charge in [0.05, 0.1) is 10.4 Å². The summed E-state index contributed by atoms with van der Waals surface area (Å²) in [5.41, 5.74) is -0.138. The SMILES string of the molecule is CC(Cc1ccc(OS(=O)(=O)c2cccc3cnccc23)cc1)(NS(=O)(=O)c1cccc2cnccc12)C1CNCCCN1. The maximum Gasteiger partial charge on any atom is 0.339 e. The molecule has 3 heterocycles. The van der Waals surface area contributed by atoms with Gasteiger partial charge in [0, 0.05) is 58.9 Å². The van der Waals surface area contributed by atoms with Gasteiger partial charge in [-0.25, -0.2) is 13.1 Å². The van der Waals surface area contributed by atoms with E-state index in [1.165, 1.54) is 12.3 Å². The standard InChI is InChI=1S/C32H33N5O5S2/c1-32(31-22-33-15-4-16-36-31,37-43(38,39)29-7-2-5-24-20-34-17-13-27(24)29)19-23-9-11-26(12-10-23)42-44(40,41)30-8-3-6-25-21-35-18-14-28(25)30/h2-3,5-14,17-18,20-21,31,33,36-37H,4,15-16,19,22H2,1H3. The van der Waals surface area contributed by atoms with Crippen LogP contribution in [0.5, 0.6) is 5.75 Å². The van der Waals surface area contributed by atoms with Crippen LogP contribution >= 0.6 is 0 Å². The minimum Gasteiger partial charge on any atom is -0.379 e. The highest BCUT2D eigenvalue weighted by molar-refractivity contribution is 7.89. The van der Waals surface area contributed by atoms with Gasteiger partial charge in [-0.1, -0.05) is 36.4 Å². The minimum atomic E-state index is -4.12. The fraction of sp³-hybridized carbons (Fsp3) is 0.250. The first kappa shape index (κ1) is 30.1. The number of hydrogen-bond donors (Lipinski definition) is 3. The number of pyridine rings is 2. The van der Waals surface area contributed by atoms with Gasteiger partial charge in [0.15, 0.2) is 0 Å². The number of benzene rings is 3. The quantitative estimate of drug-likeness (QED) is 0.208. The van der Waals surface area contributed by atoms with E-state index in [4.69, 9.17) is 4.18 Å². The lowest BCUT2D eigenvalue weighted by atomic mass is 9.86. The van der Waals surface area contributed by atoms with Crippen molar-refractivity contribution in [2.75, 3.05) is 19.6 Å². The highest BCUT2D eigenvalue weighted by Crippen LogP contribution is 2.29. The lowest BCUT2D eigenvalue weighted by Crippen LogP contribution is -2.63. The Morgan fingerprint density at radius 3 is 2.16 bits per heavy atom. The fourth-order valence-electron chi connectivity index (χ4n) is 5.75. The van der Waals surface area contributed by atoms with Crippen LogP contribution in [0.2, 0.25) is 0 Å². The Kier molecular flexibility index (Phi) is 8.36. The van der Waals surface area contributed by atoms with Gasteiger partial charge in [-0.15, -0.1) is 0 Å². The summed E-state index contributed by atoms with van der Waals surface area (Å²) in [4.78, 5) is 8.43. The first-order valence-electron chi connectivity index (χ1n) is 14.3. The van der Waals surface area contributed by atoms with Crippen molar-refractivity contribution in [3.63, 3.8) is 0 Å². The van der Waals surface area contributed by atoms with Crippen molar-refractivity contribution in [3.05, 3.63) is 103 Å². The number of aromatic nitrogens is 2. The predicted octanol–water partition coefficient (Wildman–Crippen LogP) is 3.78. The second-order valence-electron chi connectivity index (χ2n) is 11.2. The minimum absolute atomic E-state index is 0.0552. The van der Waals surface area contributed by atoms with E-state index in [9.17, 15) is 16.8 Å². The molecule has 44 heavy (non-hydrogen) atoms. The summed E-state index contributed by atoms with van der Waals surface area (Å²) in [5, 5.41) is 9.47. The topological polar surface area (TPSA) is 139 Å². The van der Waals surface area contributed by atoms with Gasteiger partial charge in [0.2, 0.25) is 10.0 Å². The first-order chi connectivity index (χ1) is 21.1. The van der Waals surface area contributed by atoms with Crippen LogP contribution in [0, 0.1) is 0 Å². The molecule has 2 unspecified atom stereocenters. The molecule has 1 aliphatic rings. The second kappa shape index (κ2) is 12.2. The normalized spacial score (nSPS) is 17.6. The summed E-state index contributed by atoms with van der Waals surface area (Å²) < 4.78 is 62.9. The zero-order valence-corrected chi connectivity index (χ0v) is 25.7. The lowest BCUT2D eigenvalue weighted by Gasteiger charge is -2.38. The summed E-state index contributed by atoms with van der Waals surface area (Å²) in [6.45, 7) is 4.03. The number of rotatable bonds is 9. The van der Waals surface area contributed by atoms with Crippen molar-refractivity contribution in [2.45, 2.75) is 41.1 Å². The summed E-state index contributed by atoms with van der Waals surface area (Å²) in [5.74, 6) is 0.153. The van der Waals surface area contributed by atoms with Gasteiger partial charge in [-0.05, 0) is 74.8 Å². The van der Waals surface area contributed by atoms with E-state index in [0.717, 1.165) is 30.5 Å². The van der Waals surface area contributed by atoms with Gasteiger partial charge in [-0.3, -0.25) is 9.97 Å². The summed E-state index contributed by atoms with van der Waals surface area (Å²) >= 11 is 0. The molecule has 3 N–H and O–H groups in total. The summed E-state index contributed by atoms with van der Waals surface area (Å²) in [6.07, 6.45) is 7.62. The Balaban J connectivity index is 1.28. The molecule has 1 aliphatic heterocycles. The third-order valence-corrected chi connectivity index (χ3v) is 10.9. The number of sulfonamides is 1. The van der Waals surface area contributed by atoms with Crippen molar-refractivity contribution >= 4 is 41.7 Å². The van der Waals surface area contributed by atoms with E-state index in [2.05, 4.69) is 25.3 Å². The molecular weight excluding hydrogens is 599 g/mol. The van der Waals surface area contributed by atoms with Crippen molar-refractivity contribution in [1.82, 2.24) is 25.3 Å². The number of nitrogens with zero attached hydrogens (tertiary/aromatic N) is 2. The van der Waals surface area contributed by atoms with Crippen molar-refractivity contribution in [3.8, 4) is 5.75 Å². The highest BCUT2D eigenvalue weighted by atomic mass is 32.2. The van der Waals surface area contributed by atoms with Crippen molar-refractivity contribution < 1.29 is 21.0 Å². The Hall–Kier alpha value is -3.94. The first-order valence-corrected chi connectivity index (χ1v) is 17.2. The van der Waals surface area contributed by atoms with E-state index in [1.54, 1.807) is 79.3 Å².